The average Bonchev–Trinajstić information content (AvgIpc) is 3.39. The Morgan fingerprint density at radius 2 is 1.64 bits per heavy atom. The molecular weight excluding hydrogens is 460 g/mol. The van der Waals surface area contributed by atoms with Crippen molar-refractivity contribution in [2.24, 2.45) is 0 Å². The van der Waals surface area contributed by atoms with E-state index in [0.717, 1.165) is 16.3 Å². The van der Waals surface area contributed by atoms with Crippen molar-refractivity contribution < 1.29 is 24.2 Å². The Morgan fingerprint density at radius 1 is 0.944 bits per heavy atom. The largest absolute Gasteiger partial charge is 0.504 e. The number of carbonyl (C=O) groups is 3. The maximum Gasteiger partial charge on any atom is 0.288 e. The number of benzene rings is 3. The molecule has 0 radical (unpaired) electrons. The summed E-state index contributed by atoms with van der Waals surface area (Å²) in [5.74, 6) is -1.72. The van der Waals surface area contributed by atoms with E-state index in [9.17, 15) is 19.5 Å². The van der Waals surface area contributed by atoms with Crippen molar-refractivity contribution in [2.45, 2.75) is 0 Å². The molecule has 0 saturated carbocycles. The molecule has 3 amide bonds. The third-order valence-electron chi connectivity index (χ3n) is 6.19. The predicted octanol–water partition coefficient (Wildman–Crippen LogP) is 4.04. The Kier molecular flexibility index (Phi) is 4.72. The lowest BCUT2D eigenvalue weighted by Gasteiger charge is -2.15. The van der Waals surface area contributed by atoms with Crippen molar-refractivity contribution in [3.8, 4) is 22.8 Å². The van der Waals surface area contributed by atoms with Crippen LogP contribution in [0.25, 0.3) is 33.1 Å². The maximum atomic E-state index is 13.3. The first-order valence-corrected chi connectivity index (χ1v) is 11.0. The number of carbonyl (C=O) groups excluding carboxylic acids is 3. The third-order valence-corrected chi connectivity index (χ3v) is 6.19. The fraction of sp³-hybridized carbons (Fsp3) is 0.0370. The molecule has 3 N–H and O–H groups in total. The number of phenolic OH excluding ortho intramolecular Hbond substituents is 1. The van der Waals surface area contributed by atoms with Crippen molar-refractivity contribution in [3.05, 3.63) is 89.6 Å². The monoisotopic (exact) mass is 478 g/mol. The molecule has 2 aromatic heterocycles. The Balaban J connectivity index is 1.48. The molecule has 9 heteroatoms. The topological polar surface area (TPSA) is 125 Å². The van der Waals surface area contributed by atoms with Gasteiger partial charge in [0.1, 0.15) is 5.69 Å². The number of aromatic nitrogens is 2. The molecule has 9 nitrogen and oxygen atoms in total. The van der Waals surface area contributed by atoms with Crippen molar-refractivity contribution in [1.29, 1.82) is 0 Å². The molecule has 0 saturated heterocycles. The number of amides is 3. The molecule has 1 aliphatic rings. The van der Waals surface area contributed by atoms with Gasteiger partial charge in [-0.3, -0.25) is 19.8 Å². The summed E-state index contributed by atoms with van der Waals surface area (Å²) in [5, 5.41) is 12.4. The lowest BCUT2D eigenvalue weighted by atomic mass is 10.1. The number of fused-ring (bicyclic) bond motifs is 4. The van der Waals surface area contributed by atoms with Gasteiger partial charge in [0.15, 0.2) is 11.5 Å². The summed E-state index contributed by atoms with van der Waals surface area (Å²) >= 11 is 0. The zero-order valence-electron chi connectivity index (χ0n) is 18.9. The van der Waals surface area contributed by atoms with E-state index in [4.69, 9.17) is 4.74 Å². The molecule has 0 aliphatic carbocycles. The van der Waals surface area contributed by atoms with Crippen molar-refractivity contribution in [1.82, 2.24) is 20.4 Å². The van der Waals surface area contributed by atoms with Crippen LogP contribution in [0.3, 0.4) is 0 Å². The van der Waals surface area contributed by atoms with Crippen LogP contribution in [-0.2, 0) is 0 Å². The van der Waals surface area contributed by atoms with Gasteiger partial charge in [0, 0.05) is 21.9 Å². The second kappa shape index (κ2) is 7.95. The van der Waals surface area contributed by atoms with Gasteiger partial charge < -0.3 is 14.8 Å². The molecule has 0 bridgehead atoms. The molecule has 0 fully saturated rings. The van der Waals surface area contributed by atoms with E-state index in [1.165, 1.54) is 25.3 Å². The number of para-hydroxylation sites is 1. The third kappa shape index (κ3) is 3.17. The van der Waals surface area contributed by atoms with E-state index in [1.54, 1.807) is 30.3 Å². The summed E-state index contributed by atoms with van der Waals surface area (Å²) in [7, 11) is 1.44. The second-order valence-electron chi connectivity index (χ2n) is 8.27. The molecule has 0 spiro atoms. The molecule has 6 rings (SSSR count). The number of nitrogens with zero attached hydrogens (tertiary/aromatic N) is 2. The highest BCUT2D eigenvalue weighted by atomic mass is 16.5. The van der Waals surface area contributed by atoms with E-state index >= 15 is 0 Å². The number of phenols is 1. The van der Waals surface area contributed by atoms with Gasteiger partial charge in [0.05, 0.1) is 29.4 Å². The van der Waals surface area contributed by atoms with Crippen molar-refractivity contribution >= 4 is 39.5 Å². The van der Waals surface area contributed by atoms with Crippen LogP contribution < -0.4 is 10.2 Å². The van der Waals surface area contributed by atoms with Crippen LogP contribution in [0.15, 0.2) is 72.8 Å². The number of ether oxygens (including phenoxy) is 1. The van der Waals surface area contributed by atoms with Crippen LogP contribution in [0.1, 0.15) is 31.2 Å². The van der Waals surface area contributed by atoms with Crippen LogP contribution in [0.4, 0.5) is 0 Å². The maximum absolute atomic E-state index is 13.3. The summed E-state index contributed by atoms with van der Waals surface area (Å²) in [6, 6.07) is 20.4. The Bertz CT molecular complexity index is 1700. The van der Waals surface area contributed by atoms with Gasteiger partial charge in [0.25, 0.3) is 17.7 Å². The number of rotatable bonds is 4. The summed E-state index contributed by atoms with van der Waals surface area (Å²) < 4.78 is 5.25. The highest BCUT2D eigenvalue weighted by Crippen LogP contribution is 2.36. The van der Waals surface area contributed by atoms with Gasteiger partial charge in [0.2, 0.25) is 0 Å². The minimum atomic E-state index is -0.719. The first-order valence-electron chi connectivity index (χ1n) is 11.0. The van der Waals surface area contributed by atoms with Crippen LogP contribution in [0.5, 0.6) is 11.5 Å². The molecule has 1 aliphatic heterocycles. The SMILES string of the molecule is COc1cc(-c2nc(C(=O)NN3C(=O)c4ccccc4C3=O)cc3c2[nH]c2ccccc23)ccc1O. The summed E-state index contributed by atoms with van der Waals surface area (Å²) in [6.45, 7) is 0. The number of aromatic amines is 1. The van der Waals surface area contributed by atoms with E-state index in [1.807, 2.05) is 24.3 Å². The smallest absolute Gasteiger partial charge is 0.288 e. The Morgan fingerprint density at radius 3 is 2.36 bits per heavy atom. The number of hydrogen-bond donors (Lipinski definition) is 3. The van der Waals surface area contributed by atoms with Crippen LogP contribution >= 0.6 is 0 Å². The molecule has 3 heterocycles. The Labute approximate surface area is 203 Å². The fourth-order valence-electron chi connectivity index (χ4n) is 4.45. The van der Waals surface area contributed by atoms with Crippen molar-refractivity contribution in [2.75, 3.05) is 7.11 Å². The number of hydrazine groups is 1. The molecule has 36 heavy (non-hydrogen) atoms. The standard InChI is InChI=1S/C27H18N4O5/c1-36-22-12-14(10-11-21(22)32)23-24-18(15-6-4-5-9-19(15)28-24)13-20(29-23)25(33)30-31-26(34)16-7-2-3-8-17(16)27(31)35/h2-13,28,32H,1H3,(H,30,33). The highest BCUT2D eigenvalue weighted by Gasteiger charge is 2.37. The number of pyridine rings is 1. The molecule has 0 atom stereocenters. The second-order valence-corrected chi connectivity index (χ2v) is 8.27. The first kappa shape index (κ1) is 21.4. The molecule has 5 aromatic rings. The summed E-state index contributed by atoms with van der Waals surface area (Å²) in [4.78, 5) is 46.7. The molecule has 176 valence electrons. The van der Waals surface area contributed by atoms with Gasteiger partial charge in [-0.1, -0.05) is 30.3 Å². The average molecular weight is 478 g/mol. The quantitative estimate of drug-likeness (QED) is 0.335. The summed E-state index contributed by atoms with van der Waals surface area (Å²) in [5.41, 5.74) is 5.43. The summed E-state index contributed by atoms with van der Waals surface area (Å²) in [6.07, 6.45) is 0. The van der Waals surface area contributed by atoms with E-state index in [-0.39, 0.29) is 28.3 Å². The first-order chi connectivity index (χ1) is 17.5. The fourth-order valence-corrected chi connectivity index (χ4v) is 4.45. The van der Waals surface area contributed by atoms with Gasteiger partial charge in [-0.15, -0.1) is 0 Å². The number of methoxy groups -OCH3 is 1. The number of nitrogens with one attached hydrogen (secondary N) is 2. The van der Waals surface area contributed by atoms with E-state index in [2.05, 4.69) is 15.4 Å². The zero-order valence-corrected chi connectivity index (χ0v) is 18.9. The zero-order chi connectivity index (χ0) is 25.0. The lowest BCUT2D eigenvalue weighted by Crippen LogP contribution is -2.46. The van der Waals surface area contributed by atoms with E-state index < -0.39 is 17.7 Å². The minimum Gasteiger partial charge on any atom is -0.504 e. The number of aromatic hydroxyl groups is 1. The van der Waals surface area contributed by atoms with Crippen LogP contribution in [0.2, 0.25) is 0 Å². The van der Waals surface area contributed by atoms with Gasteiger partial charge >= 0.3 is 0 Å². The molecule has 3 aromatic carbocycles. The normalized spacial score (nSPS) is 12.9. The van der Waals surface area contributed by atoms with E-state index in [0.29, 0.717) is 21.8 Å². The predicted molar refractivity (Wildman–Crippen MR) is 132 cm³/mol. The molecule has 0 unspecified atom stereocenters. The van der Waals surface area contributed by atoms with Gasteiger partial charge in [-0.25, -0.2) is 4.98 Å². The lowest BCUT2D eigenvalue weighted by molar-refractivity contribution is 0.0516. The highest BCUT2D eigenvalue weighted by molar-refractivity contribution is 6.22. The number of H-pyrrole nitrogens is 1. The van der Waals surface area contributed by atoms with Gasteiger partial charge in [-0.2, -0.15) is 5.01 Å². The molecular formula is C27H18N4O5. The minimum absolute atomic E-state index is 0.00542. The number of hydrogen-bond acceptors (Lipinski definition) is 6. The Hall–Kier alpha value is -5.18. The van der Waals surface area contributed by atoms with Gasteiger partial charge in [-0.05, 0) is 42.5 Å². The van der Waals surface area contributed by atoms with Crippen LogP contribution in [0, 0.1) is 0 Å². The van der Waals surface area contributed by atoms with Crippen LogP contribution in [-0.4, -0.2) is 44.9 Å². The van der Waals surface area contributed by atoms with Crippen molar-refractivity contribution in [3.63, 3.8) is 0 Å². The number of imide groups is 1.